The molecule has 4 fully saturated rings. The minimum absolute atomic E-state index is 0.102. The van der Waals surface area contributed by atoms with Crippen molar-refractivity contribution >= 4 is 17.6 Å². The molecule has 0 radical (unpaired) electrons. The Bertz CT molecular complexity index is 876. The maximum Gasteiger partial charge on any atom is 0.320 e. The van der Waals surface area contributed by atoms with Gasteiger partial charge in [-0.15, -0.1) is 0 Å². The lowest BCUT2D eigenvalue weighted by Crippen LogP contribution is -2.57. The highest BCUT2D eigenvalue weighted by atomic mass is 16.3. The predicted octanol–water partition coefficient (Wildman–Crippen LogP) is 2.86. The molecule has 3 amide bonds. The molecule has 1 aliphatic carbocycles. The summed E-state index contributed by atoms with van der Waals surface area (Å²) in [4.78, 5) is 35.3. The molecule has 1 saturated carbocycles. The third-order valence-corrected chi connectivity index (χ3v) is 8.42. The van der Waals surface area contributed by atoms with Gasteiger partial charge in [-0.1, -0.05) is 12.1 Å². The van der Waals surface area contributed by atoms with E-state index in [0.29, 0.717) is 6.54 Å². The number of carbonyl (C=O) groups is 2. The van der Waals surface area contributed by atoms with E-state index >= 15 is 0 Å². The third kappa shape index (κ3) is 4.44. The maximum atomic E-state index is 13.5. The summed E-state index contributed by atoms with van der Waals surface area (Å²) in [5, 5.41) is 9.84. The van der Waals surface area contributed by atoms with Crippen molar-refractivity contribution in [3.8, 4) is 0 Å². The molecule has 1 aromatic carbocycles. The third-order valence-electron chi connectivity index (χ3n) is 8.42. The Morgan fingerprint density at radius 1 is 0.970 bits per heavy atom. The number of hydrogen-bond acceptors (Lipinski definition) is 4. The van der Waals surface area contributed by atoms with Gasteiger partial charge in [-0.05, 0) is 69.6 Å². The summed E-state index contributed by atoms with van der Waals surface area (Å²) >= 11 is 0. The van der Waals surface area contributed by atoms with Gasteiger partial charge in [0.05, 0.1) is 11.5 Å². The van der Waals surface area contributed by atoms with Gasteiger partial charge in [0.15, 0.2) is 0 Å². The highest BCUT2D eigenvalue weighted by molar-refractivity contribution is 5.86. The number of nitrogens with zero attached hydrogens (tertiary/aromatic N) is 4. The fourth-order valence-electron chi connectivity index (χ4n) is 6.42. The molecule has 33 heavy (non-hydrogen) atoms. The van der Waals surface area contributed by atoms with Crippen LogP contribution < -0.4 is 4.90 Å². The van der Waals surface area contributed by atoms with E-state index < -0.39 is 5.41 Å². The topological polar surface area (TPSA) is 67.3 Å². The number of aliphatic hydroxyl groups is 1. The normalized spacial score (nSPS) is 30.9. The fraction of sp³-hybridized carbons (Fsp3) is 0.692. The van der Waals surface area contributed by atoms with Crippen molar-refractivity contribution in [3.63, 3.8) is 0 Å². The highest BCUT2D eigenvalue weighted by Crippen LogP contribution is 2.42. The molecule has 3 saturated heterocycles. The molecule has 1 aromatic rings. The number of carbonyl (C=O) groups excluding carboxylic acids is 2. The van der Waals surface area contributed by atoms with Crippen molar-refractivity contribution in [1.29, 1.82) is 0 Å². The van der Waals surface area contributed by atoms with Gasteiger partial charge < -0.3 is 24.7 Å². The summed E-state index contributed by atoms with van der Waals surface area (Å²) in [7, 11) is 0. The molecule has 1 atom stereocenters. The van der Waals surface area contributed by atoms with E-state index in [0.717, 1.165) is 84.2 Å². The van der Waals surface area contributed by atoms with Gasteiger partial charge in [0, 0.05) is 57.5 Å². The lowest BCUT2D eigenvalue weighted by molar-refractivity contribution is -0.141. The lowest BCUT2D eigenvalue weighted by Gasteiger charge is -2.43. The number of anilines is 1. The molecule has 7 nitrogen and oxygen atoms in total. The smallest absolute Gasteiger partial charge is 0.320 e. The predicted molar refractivity (Wildman–Crippen MR) is 128 cm³/mol. The van der Waals surface area contributed by atoms with Crippen LogP contribution in [0.3, 0.4) is 0 Å². The van der Waals surface area contributed by atoms with E-state index in [9.17, 15) is 14.7 Å². The minimum atomic E-state index is -0.395. The number of aryl methyl sites for hydroxylation is 1. The van der Waals surface area contributed by atoms with E-state index in [1.54, 1.807) is 0 Å². The fourth-order valence-corrected chi connectivity index (χ4v) is 6.42. The highest BCUT2D eigenvalue weighted by Gasteiger charge is 2.51. The molecular formula is C26H38N4O3. The van der Waals surface area contributed by atoms with Gasteiger partial charge in [-0.25, -0.2) is 4.79 Å². The van der Waals surface area contributed by atoms with Gasteiger partial charge in [0.2, 0.25) is 5.91 Å². The molecule has 0 bridgehead atoms. The number of aliphatic hydroxyl groups excluding tert-OH is 1. The first kappa shape index (κ1) is 22.5. The van der Waals surface area contributed by atoms with Gasteiger partial charge in [-0.2, -0.15) is 0 Å². The van der Waals surface area contributed by atoms with Crippen LogP contribution in [0.4, 0.5) is 10.5 Å². The van der Waals surface area contributed by atoms with E-state index in [-0.39, 0.29) is 24.1 Å². The molecule has 5 rings (SSSR count). The summed E-state index contributed by atoms with van der Waals surface area (Å²) < 4.78 is 0. The van der Waals surface area contributed by atoms with Crippen molar-refractivity contribution in [2.75, 3.05) is 50.7 Å². The number of urea groups is 1. The molecule has 3 heterocycles. The SMILES string of the molecule is Cc1cccc(N2CCN(C(=O)N3CCCC4(CCN([C@H]5CC[C@H](O)CC5)C4=O)C3)CC2)c1. The number of piperidine rings is 1. The van der Waals surface area contributed by atoms with Crippen molar-refractivity contribution in [2.45, 2.75) is 64.0 Å². The molecule has 4 aliphatic rings. The van der Waals surface area contributed by atoms with Crippen molar-refractivity contribution in [1.82, 2.24) is 14.7 Å². The largest absolute Gasteiger partial charge is 0.393 e. The molecule has 3 aliphatic heterocycles. The second-order valence-corrected chi connectivity index (χ2v) is 10.6. The Morgan fingerprint density at radius 2 is 1.73 bits per heavy atom. The van der Waals surface area contributed by atoms with Crippen LogP contribution >= 0.6 is 0 Å². The van der Waals surface area contributed by atoms with E-state index in [4.69, 9.17) is 0 Å². The number of piperazine rings is 1. The Morgan fingerprint density at radius 3 is 2.45 bits per heavy atom. The lowest BCUT2D eigenvalue weighted by atomic mass is 9.78. The van der Waals surface area contributed by atoms with Gasteiger partial charge in [-0.3, -0.25) is 4.79 Å². The quantitative estimate of drug-likeness (QED) is 0.746. The molecule has 1 unspecified atom stereocenters. The first-order valence-electron chi connectivity index (χ1n) is 12.8. The van der Waals surface area contributed by atoms with Crippen LogP contribution in [0.5, 0.6) is 0 Å². The summed E-state index contributed by atoms with van der Waals surface area (Å²) in [5.74, 6) is 0.255. The zero-order chi connectivity index (χ0) is 23.0. The van der Waals surface area contributed by atoms with Crippen molar-refractivity contribution in [3.05, 3.63) is 29.8 Å². The van der Waals surface area contributed by atoms with Gasteiger partial charge >= 0.3 is 6.03 Å². The first-order valence-corrected chi connectivity index (χ1v) is 12.8. The molecular weight excluding hydrogens is 416 g/mol. The van der Waals surface area contributed by atoms with Gasteiger partial charge in [0.1, 0.15) is 0 Å². The Kier molecular flexibility index (Phi) is 6.25. The van der Waals surface area contributed by atoms with Crippen LogP contribution in [0.25, 0.3) is 0 Å². The Balaban J connectivity index is 1.19. The monoisotopic (exact) mass is 454 g/mol. The van der Waals surface area contributed by atoms with Crippen LogP contribution in [-0.4, -0.2) is 89.7 Å². The first-order chi connectivity index (χ1) is 15.9. The second kappa shape index (κ2) is 9.16. The standard InChI is InChI=1S/C26H38N4O3/c1-20-4-2-5-22(18-20)27-14-16-28(17-15-27)25(33)29-12-3-10-26(19-29)11-13-30(24(26)32)21-6-8-23(31)9-7-21/h2,4-5,18,21,23,31H,3,6-17,19H2,1H3/t21-,23-,26?. The van der Waals surface area contributed by atoms with Crippen LogP contribution in [0.2, 0.25) is 0 Å². The summed E-state index contributed by atoms with van der Waals surface area (Å²) in [6, 6.07) is 8.91. The Labute approximate surface area is 197 Å². The summed E-state index contributed by atoms with van der Waals surface area (Å²) in [6.45, 7) is 7.36. The molecule has 1 spiro atoms. The number of likely N-dealkylation sites (tertiary alicyclic amines) is 2. The van der Waals surface area contributed by atoms with Crippen LogP contribution in [0.1, 0.15) is 50.5 Å². The van der Waals surface area contributed by atoms with Gasteiger partial charge in [0.25, 0.3) is 0 Å². The van der Waals surface area contributed by atoms with Crippen LogP contribution in [0, 0.1) is 12.3 Å². The number of rotatable bonds is 2. The minimum Gasteiger partial charge on any atom is -0.393 e. The molecule has 7 heteroatoms. The molecule has 0 aromatic heterocycles. The van der Waals surface area contributed by atoms with Crippen molar-refractivity contribution < 1.29 is 14.7 Å². The summed E-state index contributed by atoms with van der Waals surface area (Å²) in [6.07, 6.45) is 5.83. The van der Waals surface area contributed by atoms with E-state index in [1.807, 2.05) is 9.80 Å². The molecule has 1 N–H and O–H groups in total. The van der Waals surface area contributed by atoms with Crippen LogP contribution in [-0.2, 0) is 4.79 Å². The maximum absolute atomic E-state index is 13.5. The average Bonchev–Trinajstić information content (AvgIpc) is 3.14. The molecule has 180 valence electrons. The average molecular weight is 455 g/mol. The van der Waals surface area contributed by atoms with Crippen LogP contribution in [0.15, 0.2) is 24.3 Å². The van der Waals surface area contributed by atoms with Crippen molar-refractivity contribution in [2.24, 2.45) is 5.41 Å². The second-order valence-electron chi connectivity index (χ2n) is 10.6. The Hall–Kier alpha value is -2.28. The zero-order valence-electron chi connectivity index (χ0n) is 19.9. The number of benzene rings is 1. The summed E-state index contributed by atoms with van der Waals surface area (Å²) in [5.41, 5.74) is 2.09. The zero-order valence-corrected chi connectivity index (χ0v) is 19.9. The number of hydrogen-bond donors (Lipinski definition) is 1. The van der Waals surface area contributed by atoms with E-state index in [1.165, 1.54) is 11.3 Å². The van der Waals surface area contributed by atoms with E-state index in [2.05, 4.69) is 41.0 Å². The number of amides is 3.